The van der Waals surface area contributed by atoms with Crippen LogP contribution >= 0.6 is 50.5 Å². The van der Waals surface area contributed by atoms with E-state index in [0.717, 1.165) is 14.2 Å². The Kier molecular flexibility index (Phi) is 4.47. The second-order valence-electron chi connectivity index (χ2n) is 3.41. The lowest BCUT2D eigenvalue weighted by atomic mass is 10.1. The van der Waals surface area contributed by atoms with Crippen LogP contribution in [0, 0.1) is 0 Å². The van der Waals surface area contributed by atoms with Gasteiger partial charge in [0.15, 0.2) is 0 Å². The van der Waals surface area contributed by atoms with E-state index in [1.54, 1.807) is 23.5 Å². The molecule has 1 aromatic heterocycles. The molecule has 0 aliphatic rings. The fourth-order valence-electron chi connectivity index (χ4n) is 1.54. The fourth-order valence-corrected chi connectivity index (χ4v) is 3.45. The molecule has 0 amide bonds. The molecule has 2 nitrogen and oxygen atoms in total. The Labute approximate surface area is 122 Å². The lowest BCUT2D eigenvalue weighted by molar-refractivity contribution is 0.647. The van der Waals surface area contributed by atoms with Gasteiger partial charge in [-0.3, -0.25) is 5.84 Å². The number of rotatable bonds is 3. The number of nitrogens with two attached hydrogens (primary N) is 1. The molecule has 3 N–H and O–H groups in total. The zero-order valence-corrected chi connectivity index (χ0v) is 12.5. The van der Waals surface area contributed by atoms with Crippen molar-refractivity contribution in [3.8, 4) is 0 Å². The first-order chi connectivity index (χ1) is 8.11. The predicted molar refractivity (Wildman–Crippen MR) is 77.6 cm³/mol. The highest BCUT2D eigenvalue weighted by atomic mass is 79.9. The SMILES string of the molecule is NNC(c1ccc(Br)s1)c1cc(Cl)ccc1Cl. The number of nitrogens with one attached hydrogen (secondary N) is 1. The maximum absolute atomic E-state index is 6.17. The highest BCUT2D eigenvalue weighted by molar-refractivity contribution is 9.11. The summed E-state index contributed by atoms with van der Waals surface area (Å²) in [7, 11) is 0. The monoisotopic (exact) mass is 350 g/mol. The van der Waals surface area contributed by atoms with Crippen LogP contribution < -0.4 is 11.3 Å². The van der Waals surface area contributed by atoms with Crippen LogP contribution in [0.4, 0.5) is 0 Å². The van der Waals surface area contributed by atoms with Gasteiger partial charge in [0.25, 0.3) is 0 Å². The van der Waals surface area contributed by atoms with E-state index < -0.39 is 0 Å². The van der Waals surface area contributed by atoms with Crippen LogP contribution in [0.5, 0.6) is 0 Å². The molecule has 0 fully saturated rings. The maximum Gasteiger partial charge on any atom is 0.0817 e. The zero-order chi connectivity index (χ0) is 12.4. The molecule has 0 aliphatic carbocycles. The van der Waals surface area contributed by atoms with Crippen molar-refractivity contribution in [1.29, 1.82) is 0 Å². The van der Waals surface area contributed by atoms with E-state index in [2.05, 4.69) is 21.4 Å². The van der Waals surface area contributed by atoms with Crippen molar-refractivity contribution >= 4 is 50.5 Å². The van der Waals surface area contributed by atoms with Crippen molar-refractivity contribution in [2.75, 3.05) is 0 Å². The Bertz CT molecular complexity index is 530. The molecule has 0 aliphatic heterocycles. The first-order valence-corrected chi connectivity index (χ1v) is 7.14. The molecule has 2 aromatic rings. The second kappa shape index (κ2) is 5.69. The largest absolute Gasteiger partial charge is 0.271 e. The van der Waals surface area contributed by atoms with Crippen molar-refractivity contribution in [2.24, 2.45) is 5.84 Å². The van der Waals surface area contributed by atoms with Gasteiger partial charge in [-0.2, -0.15) is 0 Å². The summed E-state index contributed by atoms with van der Waals surface area (Å²) in [5.74, 6) is 5.60. The summed E-state index contributed by atoms with van der Waals surface area (Å²) < 4.78 is 1.05. The second-order valence-corrected chi connectivity index (χ2v) is 6.75. The van der Waals surface area contributed by atoms with E-state index in [1.807, 2.05) is 18.2 Å². The van der Waals surface area contributed by atoms with Crippen LogP contribution in [0.1, 0.15) is 16.5 Å². The lowest BCUT2D eigenvalue weighted by Gasteiger charge is -2.16. The standard InChI is InChI=1S/C11H9BrCl2N2S/c12-10-4-3-9(17-10)11(16-15)7-5-6(13)1-2-8(7)14/h1-5,11,16H,15H2. The Balaban J connectivity index is 2.45. The third-order valence-corrected chi connectivity index (χ3v) is 4.58. The molecule has 1 heterocycles. The van der Waals surface area contributed by atoms with Crippen LogP contribution in [0.15, 0.2) is 34.1 Å². The quantitative estimate of drug-likeness (QED) is 0.636. The third-order valence-electron chi connectivity index (χ3n) is 2.31. The van der Waals surface area contributed by atoms with Crippen LogP contribution in [-0.2, 0) is 0 Å². The van der Waals surface area contributed by atoms with Gasteiger partial charge in [-0.05, 0) is 51.8 Å². The predicted octanol–water partition coefficient (Wildman–Crippen LogP) is 4.37. The molecule has 90 valence electrons. The summed E-state index contributed by atoms with van der Waals surface area (Å²) in [4.78, 5) is 1.07. The topological polar surface area (TPSA) is 38.0 Å². The number of thiophene rings is 1. The first-order valence-electron chi connectivity index (χ1n) is 4.78. The Hall–Kier alpha value is -0.100. The number of hydrogen-bond donors (Lipinski definition) is 2. The molecular weight excluding hydrogens is 343 g/mol. The van der Waals surface area contributed by atoms with Gasteiger partial charge in [0.05, 0.1) is 9.83 Å². The van der Waals surface area contributed by atoms with E-state index in [0.29, 0.717) is 10.0 Å². The van der Waals surface area contributed by atoms with E-state index in [1.165, 1.54) is 0 Å². The summed E-state index contributed by atoms with van der Waals surface area (Å²) in [5, 5.41) is 1.28. The van der Waals surface area contributed by atoms with Crippen LogP contribution in [0.2, 0.25) is 10.0 Å². The molecule has 0 spiro atoms. The average molecular weight is 352 g/mol. The van der Waals surface area contributed by atoms with Gasteiger partial charge in [-0.15, -0.1) is 11.3 Å². The Morgan fingerprint density at radius 1 is 1.24 bits per heavy atom. The van der Waals surface area contributed by atoms with Gasteiger partial charge in [0, 0.05) is 14.9 Å². The zero-order valence-electron chi connectivity index (χ0n) is 8.58. The Morgan fingerprint density at radius 3 is 2.59 bits per heavy atom. The molecule has 6 heteroatoms. The molecule has 1 aromatic carbocycles. The smallest absolute Gasteiger partial charge is 0.0817 e. The molecular formula is C11H9BrCl2N2S. The molecule has 0 bridgehead atoms. The normalized spacial score (nSPS) is 12.7. The van der Waals surface area contributed by atoms with Crippen LogP contribution in [0.25, 0.3) is 0 Å². The van der Waals surface area contributed by atoms with Gasteiger partial charge in [0.1, 0.15) is 0 Å². The summed E-state index contributed by atoms with van der Waals surface area (Å²) in [5.41, 5.74) is 3.63. The number of hydrogen-bond acceptors (Lipinski definition) is 3. The summed E-state index contributed by atoms with van der Waals surface area (Å²) in [6, 6.07) is 9.16. The van der Waals surface area contributed by atoms with E-state index >= 15 is 0 Å². The lowest BCUT2D eigenvalue weighted by Crippen LogP contribution is -2.28. The van der Waals surface area contributed by atoms with E-state index in [9.17, 15) is 0 Å². The van der Waals surface area contributed by atoms with Crippen molar-refractivity contribution in [2.45, 2.75) is 6.04 Å². The first kappa shape index (κ1) is 13.3. The van der Waals surface area contributed by atoms with Crippen molar-refractivity contribution in [3.63, 3.8) is 0 Å². The third kappa shape index (κ3) is 3.02. The van der Waals surface area contributed by atoms with Crippen LogP contribution in [0.3, 0.4) is 0 Å². The van der Waals surface area contributed by atoms with Gasteiger partial charge in [-0.1, -0.05) is 23.2 Å². The fraction of sp³-hybridized carbons (Fsp3) is 0.0909. The van der Waals surface area contributed by atoms with Gasteiger partial charge >= 0.3 is 0 Å². The number of benzene rings is 1. The molecule has 2 rings (SSSR count). The summed E-state index contributed by atoms with van der Waals surface area (Å²) >= 11 is 17.2. The van der Waals surface area contributed by atoms with Gasteiger partial charge in [-0.25, -0.2) is 5.43 Å². The molecule has 0 saturated carbocycles. The maximum atomic E-state index is 6.17. The average Bonchev–Trinajstić information content (AvgIpc) is 2.71. The van der Waals surface area contributed by atoms with E-state index in [4.69, 9.17) is 29.0 Å². The van der Waals surface area contributed by atoms with Crippen molar-refractivity contribution in [1.82, 2.24) is 5.43 Å². The highest BCUT2D eigenvalue weighted by Gasteiger charge is 2.17. The van der Waals surface area contributed by atoms with Crippen molar-refractivity contribution < 1.29 is 0 Å². The highest BCUT2D eigenvalue weighted by Crippen LogP contribution is 2.34. The minimum Gasteiger partial charge on any atom is -0.271 e. The Morgan fingerprint density at radius 2 is 2.00 bits per heavy atom. The number of hydrazine groups is 1. The summed E-state index contributed by atoms with van der Waals surface area (Å²) in [6.07, 6.45) is 0. The van der Waals surface area contributed by atoms with E-state index in [-0.39, 0.29) is 6.04 Å². The van der Waals surface area contributed by atoms with Gasteiger partial charge < -0.3 is 0 Å². The molecule has 0 radical (unpaired) electrons. The minimum absolute atomic E-state index is 0.155. The molecule has 1 atom stereocenters. The molecule has 17 heavy (non-hydrogen) atoms. The summed E-state index contributed by atoms with van der Waals surface area (Å²) in [6.45, 7) is 0. The molecule has 0 saturated heterocycles. The van der Waals surface area contributed by atoms with Crippen molar-refractivity contribution in [3.05, 3.63) is 54.6 Å². The molecule has 1 unspecified atom stereocenters. The van der Waals surface area contributed by atoms with Gasteiger partial charge in [0.2, 0.25) is 0 Å². The van der Waals surface area contributed by atoms with Crippen LogP contribution in [-0.4, -0.2) is 0 Å². The number of halogens is 3. The minimum atomic E-state index is -0.155.